The Kier molecular flexibility index (Phi) is 10.7. The third-order valence-electron chi connectivity index (χ3n) is 10.6. The van der Waals surface area contributed by atoms with Crippen LogP contribution in [-0.4, -0.2) is 74.7 Å². The number of β-amino-alcohol motifs (C(OH)–C–C–N with tert-alkyl or cyclic N) is 1. The summed E-state index contributed by atoms with van der Waals surface area (Å²) in [5.41, 5.74) is 4.72. The molecule has 2 saturated heterocycles. The number of aliphatic hydroxyl groups excluding tert-OH is 1. The van der Waals surface area contributed by atoms with E-state index < -0.39 is 29.8 Å². The number of fused-ring (bicyclic) bond motifs is 2. The number of rotatable bonds is 12. The average Bonchev–Trinajstić information content (AvgIpc) is 3.92. The fourth-order valence-electron chi connectivity index (χ4n) is 7.89. The lowest BCUT2D eigenvalue weighted by Gasteiger charge is -2.22. The number of hydrogen-bond donors (Lipinski definition) is 5. The fourth-order valence-corrected chi connectivity index (χ4v) is 8.16. The first kappa shape index (κ1) is 37.8. The molecule has 12 nitrogen and oxygen atoms in total. The maximum Gasteiger partial charge on any atom is 0.437 e. The van der Waals surface area contributed by atoms with E-state index in [0.717, 1.165) is 39.6 Å². The first-order valence-corrected chi connectivity index (χ1v) is 19.0. The lowest BCUT2D eigenvalue weighted by Crippen LogP contribution is -2.35. The summed E-state index contributed by atoms with van der Waals surface area (Å²) < 4.78 is 48.8. The second kappa shape index (κ2) is 15.8. The lowest BCUT2D eigenvalue weighted by atomic mass is 9.96. The minimum Gasteiger partial charge on any atom is -0.480 e. The van der Waals surface area contributed by atoms with E-state index in [1.54, 1.807) is 12.4 Å². The molecular weight excluding hydrogens is 747 g/mol. The van der Waals surface area contributed by atoms with Gasteiger partial charge in [-0.25, -0.2) is 9.97 Å². The zero-order chi connectivity index (χ0) is 39.0. The topological polar surface area (TPSA) is 149 Å². The van der Waals surface area contributed by atoms with Gasteiger partial charge in [0.25, 0.3) is 0 Å². The quantitative estimate of drug-likeness (QED) is 0.0938. The number of likely N-dealkylation sites (tertiary alicyclic amines) is 1. The molecule has 2 aliphatic heterocycles. The highest BCUT2D eigenvalue weighted by Crippen LogP contribution is 2.44. The summed E-state index contributed by atoms with van der Waals surface area (Å²) in [6.45, 7) is 2.26. The van der Waals surface area contributed by atoms with E-state index >= 15 is 0 Å². The number of amides is 1. The molecule has 16 heteroatoms. The van der Waals surface area contributed by atoms with Crippen LogP contribution in [0.5, 0.6) is 5.88 Å². The summed E-state index contributed by atoms with van der Waals surface area (Å²) in [7, 11) is 1.36. The molecule has 5 heterocycles. The van der Waals surface area contributed by atoms with Crippen LogP contribution in [0.25, 0.3) is 22.0 Å². The van der Waals surface area contributed by atoms with Gasteiger partial charge in [0, 0.05) is 68.5 Å². The second-order valence-corrected chi connectivity index (χ2v) is 14.8. The maximum absolute atomic E-state index is 14.5. The van der Waals surface area contributed by atoms with Crippen molar-refractivity contribution in [2.24, 2.45) is 0 Å². The molecular formula is C40H41ClF3N9O3. The predicted octanol–water partition coefficient (Wildman–Crippen LogP) is 6.55. The summed E-state index contributed by atoms with van der Waals surface area (Å²) in [4.78, 5) is 31.0. The number of benzene rings is 2. The smallest absolute Gasteiger partial charge is 0.437 e. The number of carbonyl (C=O) groups excluding carboxylic acids is 1. The number of aliphatic hydroxyl groups is 1. The Bertz CT molecular complexity index is 2280. The van der Waals surface area contributed by atoms with Crippen molar-refractivity contribution >= 4 is 45.7 Å². The third-order valence-corrected chi connectivity index (χ3v) is 11.0. The number of nitrogens with zero attached hydrogens (tertiary/aromatic N) is 5. The number of carbonyl (C=O) groups is 1. The van der Waals surface area contributed by atoms with Gasteiger partial charge < -0.3 is 31.1 Å². The first-order chi connectivity index (χ1) is 27.0. The Hall–Kier alpha value is -5.09. The number of alkyl halides is 3. The van der Waals surface area contributed by atoms with Crippen molar-refractivity contribution in [2.45, 2.75) is 69.6 Å². The van der Waals surface area contributed by atoms with Gasteiger partial charge in [-0.3, -0.25) is 14.7 Å². The Morgan fingerprint density at radius 3 is 2.64 bits per heavy atom. The van der Waals surface area contributed by atoms with Crippen LogP contribution in [0.4, 0.5) is 30.5 Å². The molecule has 8 rings (SSSR count). The van der Waals surface area contributed by atoms with Crippen molar-refractivity contribution < 1.29 is 27.8 Å². The highest BCUT2D eigenvalue weighted by Gasteiger charge is 2.40. The van der Waals surface area contributed by atoms with Crippen LogP contribution in [0, 0.1) is 0 Å². The van der Waals surface area contributed by atoms with Gasteiger partial charge in [0.05, 0.1) is 30.0 Å². The number of ether oxygens (including phenoxy) is 1. The molecule has 56 heavy (non-hydrogen) atoms. The van der Waals surface area contributed by atoms with E-state index in [9.17, 15) is 23.1 Å². The van der Waals surface area contributed by atoms with E-state index in [2.05, 4.69) is 42.3 Å². The zero-order valence-electron chi connectivity index (χ0n) is 30.6. The maximum atomic E-state index is 14.5. The molecule has 3 aliphatic rings. The number of nitrogens with one attached hydrogen (secondary N) is 4. The standard InChI is InChI=1S/C40H41ClF3N9O3/c1-56-39-32(21-53-15-13-25(54)20-53)49-36(40(42,43)44)38(52-39)50-30-10-9-27-26(4-2-5-28(27)30)29-6-3-7-31(34(29)41)51-37-35-23(12-14-46-37)16-22(18-47-35)17-45-19-24-8-11-33(55)48-24/h2-7,12,14,16,18,24-25,30,45,54H,8-11,13,15,17,19-21H2,1H3,(H,46,51)(H,48,55)(H,50,52)/t24-,25+,30+/m0/s1. The number of aromatic nitrogens is 4. The molecule has 3 atom stereocenters. The van der Waals surface area contributed by atoms with Crippen molar-refractivity contribution in [2.75, 3.05) is 37.4 Å². The van der Waals surface area contributed by atoms with Gasteiger partial charge in [-0.2, -0.15) is 18.2 Å². The summed E-state index contributed by atoms with van der Waals surface area (Å²) in [5, 5.41) is 24.1. The zero-order valence-corrected chi connectivity index (χ0v) is 31.3. The van der Waals surface area contributed by atoms with Crippen molar-refractivity contribution in [1.82, 2.24) is 35.5 Å². The Balaban J connectivity index is 1.02. The van der Waals surface area contributed by atoms with Crippen LogP contribution in [0.3, 0.4) is 0 Å². The van der Waals surface area contributed by atoms with Crippen molar-refractivity contribution in [1.29, 1.82) is 0 Å². The van der Waals surface area contributed by atoms with Gasteiger partial charge in [-0.1, -0.05) is 41.9 Å². The largest absolute Gasteiger partial charge is 0.480 e. The van der Waals surface area contributed by atoms with E-state index in [-0.39, 0.29) is 30.1 Å². The molecule has 3 aromatic heterocycles. The number of pyridine rings is 2. The predicted molar refractivity (Wildman–Crippen MR) is 207 cm³/mol. The molecule has 292 valence electrons. The summed E-state index contributed by atoms with van der Waals surface area (Å²) in [5.74, 6) is 0.239. The molecule has 2 fully saturated rings. The van der Waals surface area contributed by atoms with E-state index in [1.165, 1.54) is 7.11 Å². The van der Waals surface area contributed by atoms with Crippen LogP contribution in [0.15, 0.2) is 60.9 Å². The molecule has 1 aliphatic carbocycles. The number of hydrogen-bond acceptors (Lipinski definition) is 11. The molecule has 1 amide bonds. The fraction of sp³-hybridized carbons (Fsp3) is 0.375. The van der Waals surface area contributed by atoms with Gasteiger partial charge in [-0.05, 0) is 66.1 Å². The van der Waals surface area contributed by atoms with Crippen molar-refractivity contribution in [3.63, 3.8) is 0 Å². The van der Waals surface area contributed by atoms with Crippen LogP contribution >= 0.6 is 11.6 Å². The summed E-state index contributed by atoms with van der Waals surface area (Å²) >= 11 is 7.11. The SMILES string of the molecule is COc1nc(N[C@@H]2CCc3c(-c4cccc(Nc5nccc6cc(CNC[C@@H]7CCC(=O)N7)cnc56)c4Cl)cccc32)c(C(F)(F)F)nc1CN1CC[C@@H](O)C1. The van der Waals surface area contributed by atoms with Crippen molar-refractivity contribution in [3.8, 4) is 17.0 Å². The van der Waals surface area contributed by atoms with E-state index in [1.807, 2.05) is 47.4 Å². The molecule has 0 radical (unpaired) electrons. The minimum absolute atomic E-state index is 0.00488. The normalized spacial score (nSPS) is 19.7. The molecule has 5 N–H and O–H groups in total. The molecule has 0 bridgehead atoms. The highest BCUT2D eigenvalue weighted by atomic mass is 35.5. The highest BCUT2D eigenvalue weighted by molar-refractivity contribution is 6.36. The van der Waals surface area contributed by atoms with Gasteiger partial charge in [0.15, 0.2) is 17.3 Å². The second-order valence-electron chi connectivity index (χ2n) is 14.5. The number of halogens is 4. The monoisotopic (exact) mass is 787 g/mol. The molecule has 0 unspecified atom stereocenters. The Labute approximate surface area is 326 Å². The van der Waals surface area contributed by atoms with E-state index in [0.29, 0.717) is 73.9 Å². The molecule has 0 spiro atoms. The van der Waals surface area contributed by atoms with Gasteiger partial charge in [0.2, 0.25) is 11.8 Å². The Morgan fingerprint density at radius 2 is 1.88 bits per heavy atom. The first-order valence-electron chi connectivity index (χ1n) is 18.6. The van der Waals surface area contributed by atoms with Crippen molar-refractivity contribution in [3.05, 3.63) is 94.0 Å². The van der Waals surface area contributed by atoms with Gasteiger partial charge in [-0.15, -0.1) is 0 Å². The average molecular weight is 788 g/mol. The number of methoxy groups -OCH3 is 1. The Morgan fingerprint density at radius 1 is 1.04 bits per heavy atom. The molecule has 5 aromatic rings. The summed E-state index contributed by atoms with van der Waals surface area (Å²) in [6, 6.07) is 15.1. The summed E-state index contributed by atoms with van der Waals surface area (Å²) in [6.07, 6.45) is 1.28. The van der Waals surface area contributed by atoms with Crippen LogP contribution in [-0.2, 0) is 30.5 Å². The van der Waals surface area contributed by atoms with Crippen LogP contribution in [0.1, 0.15) is 59.8 Å². The van der Waals surface area contributed by atoms with E-state index in [4.69, 9.17) is 21.3 Å². The minimum atomic E-state index is -4.77. The lowest BCUT2D eigenvalue weighted by molar-refractivity contribution is -0.141. The molecule has 0 saturated carbocycles. The van der Waals surface area contributed by atoms with Crippen LogP contribution in [0.2, 0.25) is 5.02 Å². The molecule has 2 aromatic carbocycles. The number of anilines is 3. The van der Waals surface area contributed by atoms with Crippen LogP contribution < -0.4 is 26.0 Å². The van der Waals surface area contributed by atoms with Gasteiger partial charge in [0.1, 0.15) is 11.2 Å². The third kappa shape index (κ3) is 7.94. The van der Waals surface area contributed by atoms with Gasteiger partial charge >= 0.3 is 6.18 Å².